The van der Waals surface area contributed by atoms with Gasteiger partial charge in [-0.2, -0.15) is 0 Å². The third-order valence-electron chi connectivity index (χ3n) is 10.3. The molecule has 2 heterocycles. The molecule has 2 aliphatic heterocycles. The van der Waals surface area contributed by atoms with Crippen molar-refractivity contribution in [2.24, 2.45) is 0 Å². The van der Waals surface area contributed by atoms with Crippen molar-refractivity contribution in [3.8, 4) is 0 Å². The molecule has 5 rings (SSSR count). The summed E-state index contributed by atoms with van der Waals surface area (Å²) in [6, 6.07) is 14.3. The lowest BCUT2D eigenvalue weighted by atomic mass is 9.80. The van der Waals surface area contributed by atoms with Crippen LogP contribution < -0.4 is 0 Å². The van der Waals surface area contributed by atoms with Gasteiger partial charge in [0.2, 0.25) is 0 Å². The Hall–Kier alpha value is -3.32. The Labute approximate surface area is 327 Å². The number of esters is 2. The van der Waals surface area contributed by atoms with Crippen LogP contribution in [0.4, 0.5) is 0 Å². The summed E-state index contributed by atoms with van der Waals surface area (Å²) in [6.45, 7) is 18.2. The number of nitrogens with zero attached hydrogens (tertiary/aromatic N) is 1. The van der Waals surface area contributed by atoms with E-state index in [-0.39, 0.29) is 30.8 Å². The number of piperidine rings is 1. The average molecular weight is 766 g/mol. The monoisotopic (exact) mass is 765 g/mol. The highest BCUT2D eigenvalue weighted by Crippen LogP contribution is 2.49. The van der Waals surface area contributed by atoms with E-state index in [0.29, 0.717) is 77.0 Å². The van der Waals surface area contributed by atoms with Gasteiger partial charge in [-0.3, -0.25) is 0 Å². The number of hydrogen-bond acceptors (Lipinski definition) is 11. The number of carbonyl (C=O) groups excluding carboxylic acids is 2. The Morgan fingerprint density at radius 3 is 1.96 bits per heavy atom. The van der Waals surface area contributed by atoms with Gasteiger partial charge in [0.05, 0.1) is 58.5 Å². The number of hydrogen-bond donors (Lipinski definition) is 0. The van der Waals surface area contributed by atoms with Crippen molar-refractivity contribution in [2.45, 2.75) is 110 Å². The lowest BCUT2D eigenvalue weighted by Crippen LogP contribution is -2.43. The van der Waals surface area contributed by atoms with Gasteiger partial charge >= 0.3 is 11.9 Å². The molecular weight excluding hydrogens is 702 g/mol. The summed E-state index contributed by atoms with van der Waals surface area (Å²) in [6.07, 6.45) is 5.34. The van der Waals surface area contributed by atoms with E-state index in [9.17, 15) is 9.59 Å². The van der Waals surface area contributed by atoms with Crippen LogP contribution in [-0.4, -0.2) is 113 Å². The minimum atomic E-state index is -0.770. The normalized spacial score (nSPS) is 21.0. The molecule has 11 heteroatoms. The molecule has 0 N–H and O–H groups in total. The summed E-state index contributed by atoms with van der Waals surface area (Å²) in [5.74, 6) is 0.0142. The number of aryl methyl sites for hydroxylation is 3. The van der Waals surface area contributed by atoms with Gasteiger partial charge in [-0.15, -0.1) is 0 Å². The van der Waals surface area contributed by atoms with Gasteiger partial charge in [-0.1, -0.05) is 48.0 Å². The number of carbonyl (C=O) groups is 2. The fourth-order valence-electron chi connectivity index (χ4n) is 7.76. The molecule has 3 aliphatic rings. The highest BCUT2D eigenvalue weighted by molar-refractivity contribution is 6.20. The Morgan fingerprint density at radius 1 is 0.800 bits per heavy atom. The Kier molecular flexibility index (Phi) is 16.1. The molecule has 2 fully saturated rings. The molecular formula is C44H63NO10. The fraction of sp³-hybridized carbons (Fsp3) is 0.636. The number of benzene rings is 2. The largest absolute Gasteiger partial charge is 0.488 e. The predicted molar refractivity (Wildman–Crippen MR) is 210 cm³/mol. The van der Waals surface area contributed by atoms with E-state index in [1.54, 1.807) is 0 Å². The molecule has 304 valence electrons. The maximum absolute atomic E-state index is 13.7. The van der Waals surface area contributed by atoms with Crippen LogP contribution in [0.15, 0.2) is 48.2 Å². The third kappa shape index (κ3) is 13.1. The van der Waals surface area contributed by atoms with Crippen LogP contribution in [0.25, 0.3) is 5.57 Å². The second-order valence-electron chi connectivity index (χ2n) is 16.0. The summed E-state index contributed by atoms with van der Waals surface area (Å²) in [7, 11) is 0. The van der Waals surface area contributed by atoms with E-state index >= 15 is 0 Å². The zero-order valence-corrected chi connectivity index (χ0v) is 34.0. The van der Waals surface area contributed by atoms with Crippen molar-refractivity contribution in [3.05, 3.63) is 76.0 Å². The van der Waals surface area contributed by atoms with Gasteiger partial charge in [-0.25, -0.2) is 9.59 Å². The van der Waals surface area contributed by atoms with Crippen LogP contribution in [0.5, 0.6) is 0 Å². The van der Waals surface area contributed by atoms with Crippen LogP contribution in [-0.2, 0) is 54.1 Å². The average Bonchev–Trinajstić information content (AvgIpc) is 3.39. The molecule has 1 saturated heterocycles. The zero-order chi connectivity index (χ0) is 39.3. The van der Waals surface area contributed by atoms with E-state index in [4.69, 9.17) is 37.9 Å². The molecule has 0 unspecified atom stereocenters. The molecule has 11 nitrogen and oxygen atoms in total. The molecule has 1 saturated carbocycles. The molecule has 1 spiro atoms. The molecule has 1 aliphatic carbocycles. The van der Waals surface area contributed by atoms with Crippen molar-refractivity contribution in [1.29, 1.82) is 0 Å². The van der Waals surface area contributed by atoms with Crippen molar-refractivity contribution < 1.29 is 47.5 Å². The van der Waals surface area contributed by atoms with Crippen molar-refractivity contribution in [1.82, 2.24) is 4.90 Å². The van der Waals surface area contributed by atoms with Crippen LogP contribution in [0, 0.1) is 20.8 Å². The lowest BCUT2D eigenvalue weighted by molar-refractivity contribution is -0.160. The quantitative estimate of drug-likeness (QED) is 0.107. The first kappa shape index (κ1) is 42.8. The second kappa shape index (κ2) is 20.7. The topological polar surface area (TPSA) is 111 Å². The van der Waals surface area contributed by atoms with Crippen molar-refractivity contribution in [2.75, 3.05) is 72.5 Å². The number of likely N-dealkylation sites (tertiary alicyclic amines) is 1. The van der Waals surface area contributed by atoms with Gasteiger partial charge in [-0.05, 0) is 102 Å². The SMILES string of the molecule is Cc1cc(C)c(C2=C(OCc3ccccc3)[C@]3(CC[C@H](OC4CCN(CCOCCOCCOCCOCC(=O)OC(C)(C)C)CC4)CC3)OC2=O)c(C)c1. The van der Waals surface area contributed by atoms with E-state index < -0.39 is 11.2 Å². The molecule has 2 aromatic carbocycles. The molecule has 0 atom stereocenters. The van der Waals surface area contributed by atoms with Gasteiger partial charge < -0.3 is 42.8 Å². The molecule has 0 radical (unpaired) electrons. The van der Waals surface area contributed by atoms with Gasteiger partial charge in [0.25, 0.3) is 0 Å². The summed E-state index contributed by atoms with van der Waals surface area (Å²) in [5.41, 5.74) is 4.57. The first-order valence-corrected chi connectivity index (χ1v) is 20.1. The Balaban J connectivity index is 0.969. The molecule has 0 bridgehead atoms. The predicted octanol–water partition coefficient (Wildman–Crippen LogP) is 6.67. The fourth-order valence-corrected chi connectivity index (χ4v) is 7.76. The van der Waals surface area contributed by atoms with E-state index in [0.717, 1.165) is 67.6 Å². The van der Waals surface area contributed by atoms with Gasteiger partial charge in [0, 0.05) is 19.6 Å². The highest BCUT2D eigenvalue weighted by atomic mass is 16.6. The first-order valence-electron chi connectivity index (χ1n) is 20.1. The molecule has 0 aromatic heterocycles. The molecule has 0 amide bonds. The Bertz CT molecular complexity index is 1530. The van der Waals surface area contributed by atoms with Crippen LogP contribution >= 0.6 is 0 Å². The molecule has 55 heavy (non-hydrogen) atoms. The van der Waals surface area contributed by atoms with Crippen molar-refractivity contribution in [3.63, 3.8) is 0 Å². The van der Waals surface area contributed by atoms with E-state index in [1.807, 2.05) is 51.1 Å². The van der Waals surface area contributed by atoms with Crippen LogP contribution in [0.3, 0.4) is 0 Å². The second-order valence-corrected chi connectivity index (χ2v) is 16.0. The van der Waals surface area contributed by atoms with Gasteiger partial charge in [0.15, 0.2) is 11.4 Å². The minimum Gasteiger partial charge on any atom is -0.488 e. The van der Waals surface area contributed by atoms with E-state index in [1.165, 1.54) is 5.56 Å². The Morgan fingerprint density at radius 2 is 1.36 bits per heavy atom. The summed E-state index contributed by atoms with van der Waals surface area (Å²) >= 11 is 0. The van der Waals surface area contributed by atoms with E-state index in [2.05, 4.69) is 37.8 Å². The number of ether oxygens (including phenoxy) is 8. The summed E-state index contributed by atoms with van der Waals surface area (Å²) in [5, 5.41) is 0. The smallest absolute Gasteiger partial charge is 0.343 e. The van der Waals surface area contributed by atoms with Crippen LogP contribution in [0.1, 0.15) is 87.1 Å². The van der Waals surface area contributed by atoms with Crippen LogP contribution in [0.2, 0.25) is 0 Å². The number of rotatable bonds is 20. The first-order chi connectivity index (χ1) is 26.4. The zero-order valence-electron chi connectivity index (χ0n) is 34.0. The minimum absolute atomic E-state index is 0.0791. The third-order valence-corrected chi connectivity index (χ3v) is 10.3. The molecule has 2 aromatic rings. The maximum Gasteiger partial charge on any atom is 0.343 e. The highest BCUT2D eigenvalue weighted by Gasteiger charge is 2.52. The van der Waals surface area contributed by atoms with Gasteiger partial charge in [0.1, 0.15) is 24.4 Å². The standard InChI is InChI=1S/C44H63NO10/c1-32-28-33(2)39(34(3)29-32)40-41(52-30-35-10-8-7-9-11-35)44(55-42(40)47)16-12-36(13-17-44)53-37-14-18-45(19-15-37)20-21-48-22-23-49-24-25-50-26-27-51-31-38(46)54-43(4,5)6/h7-11,28-29,36-37H,12-27,30-31H2,1-6H3/t36-,44+. The summed E-state index contributed by atoms with van der Waals surface area (Å²) < 4.78 is 46.9. The summed E-state index contributed by atoms with van der Waals surface area (Å²) in [4.78, 5) is 27.8. The van der Waals surface area contributed by atoms with Crippen molar-refractivity contribution >= 4 is 17.5 Å². The maximum atomic E-state index is 13.7. The lowest BCUT2D eigenvalue weighted by Gasteiger charge is -2.39.